The van der Waals surface area contributed by atoms with Gasteiger partial charge in [0, 0.05) is 0 Å². The molecular formula is C17H33O6P2S2Zn. The fourth-order valence-corrected chi connectivity index (χ4v) is 3.33. The summed E-state index contributed by atoms with van der Waals surface area (Å²) in [7, 11) is 0. The molecule has 11 heteroatoms. The van der Waals surface area contributed by atoms with Crippen molar-refractivity contribution in [1.29, 1.82) is 0 Å². The normalized spacial score (nSPS) is 11.2. The van der Waals surface area contributed by atoms with Gasteiger partial charge in [0.2, 0.25) is 0 Å². The molecule has 0 aliphatic heterocycles. The van der Waals surface area contributed by atoms with Gasteiger partial charge in [0.15, 0.2) is 0 Å². The van der Waals surface area contributed by atoms with E-state index in [-0.39, 0.29) is 0 Å². The Morgan fingerprint density at radius 3 is 1.46 bits per heavy atom. The molecule has 1 aromatic rings. The first kappa shape index (κ1) is 31.1. The number of benzene rings is 1. The van der Waals surface area contributed by atoms with Gasteiger partial charge >= 0.3 is 130 Å². The number of hydrogen-bond donors (Lipinski definition) is 6. The molecule has 0 spiro atoms. The van der Waals surface area contributed by atoms with Gasteiger partial charge in [0.05, 0.1) is 0 Å². The first-order chi connectivity index (χ1) is 12.8. The number of aryl methyl sites for hydroxylation is 1. The van der Waals surface area contributed by atoms with Crippen molar-refractivity contribution < 1.29 is 47.7 Å². The van der Waals surface area contributed by atoms with E-state index in [1.807, 2.05) is 0 Å². The van der Waals surface area contributed by atoms with E-state index < -0.39 is 13.4 Å². The van der Waals surface area contributed by atoms with Gasteiger partial charge in [0.1, 0.15) is 0 Å². The standard InChI is InChI=1S/C17H27.2H3O3PS.Zn/c1-2-3-4-5-6-7-8-9-11-14-17-15-12-10-13-16-17;2*1-4(2,3)5;/h10,12-13,15H,2-9,11,14H2,1H3;2*(H3,1,2,3,5);. The van der Waals surface area contributed by atoms with E-state index in [0.29, 0.717) is 0 Å². The third-order valence-electron chi connectivity index (χ3n) is 3.67. The minimum Gasteiger partial charge on any atom is -0.325 e. The van der Waals surface area contributed by atoms with Crippen molar-refractivity contribution in [2.24, 2.45) is 0 Å². The Balaban J connectivity index is 0. The van der Waals surface area contributed by atoms with Crippen LogP contribution in [0, 0.1) is 0 Å². The Bertz CT molecular complexity index is 558. The smallest absolute Gasteiger partial charge is 0.319 e. The van der Waals surface area contributed by atoms with E-state index in [4.69, 9.17) is 29.4 Å². The zero-order chi connectivity index (χ0) is 22.1. The molecule has 0 heterocycles. The van der Waals surface area contributed by atoms with Gasteiger partial charge in [-0.1, -0.05) is 6.92 Å². The van der Waals surface area contributed by atoms with Gasteiger partial charge in [-0.3, -0.25) is 0 Å². The SMILES string of the molecule is CCCCCCCCCCCc1cccc[c]1[Zn].OP(O)(O)=S.OP(O)(O)=S. The molecule has 0 amide bonds. The molecule has 0 radical (unpaired) electrons. The predicted molar refractivity (Wildman–Crippen MR) is 119 cm³/mol. The van der Waals surface area contributed by atoms with Gasteiger partial charge in [-0.2, -0.15) is 0 Å². The number of rotatable bonds is 10. The molecular weight excluding hydrogens is 492 g/mol. The first-order valence-corrected chi connectivity index (χ1v) is 16.1. The quantitative estimate of drug-likeness (QED) is 0.157. The molecule has 0 unspecified atom stereocenters. The molecule has 0 atom stereocenters. The van der Waals surface area contributed by atoms with Crippen molar-refractivity contribution in [3.05, 3.63) is 29.8 Å². The molecule has 1 aromatic carbocycles. The second-order valence-corrected chi connectivity index (χ2v) is 13.0. The Morgan fingerprint density at radius 1 is 0.714 bits per heavy atom. The van der Waals surface area contributed by atoms with Gasteiger partial charge in [0.25, 0.3) is 0 Å². The molecule has 161 valence electrons. The maximum Gasteiger partial charge on any atom is 0.319 e. The third-order valence-corrected chi connectivity index (χ3v) is 5.12. The van der Waals surface area contributed by atoms with Gasteiger partial charge in [-0.15, -0.1) is 0 Å². The summed E-state index contributed by atoms with van der Waals surface area (Å²) >= 11 is 8.51. The molecule has 0 aliphatic carbocycles. The Morgan fingerprint density at radius 2 is 1.07 bits per heavy atom. The summed E-state index contributed by atoms with van der Waals surface area (Å²) in [6, 6.07) is 8.94. The number of hydrogen-bond acceptors (Lipinski definition) is 2. The van der Waals surface area contributed by atoms with E-state index in [9.17, 15) is 0 Å². The molecule has 0 aliphatic rings. The Hall–Kier alpha value is 0.903. The first-order valence-electron chi connectivity index (χ1n) is 9.31. The van der Waals surface area contributed by atoms with Crippen LogP contribution in [0.1, 0.15) is 70.3 Å². The van der Waals surface area contributed by atoms with Crippen LogP contribution in [0.15, 0.2) is 24.3 Å². The van der Waals surface area contributed by atoms with Crippen LogP contribution in [-0.4, -0.2) is 29.4 Å². The van der Waals surface area contributed by atoms with E-state index in [2.05, 4.69) is 54.8 Å². The summed E-state index contributed by atoms with van der Waals surface area (Å²) in [5, 5.41) is 0. The molecule has 0 fully saturated rings. The Kier molecular flexibility index (Phi) is 20.7. The molecule has 6 nitrogen and oxygen atoms in total. The fraction of sp³-hybridized carbons (Fsp3) is 0.647. The largest absolute Gasteiger partial charge is 0.325 e. The topological polar surface area (TPSA) is 121 Å². The summed E-state index contributed by atoms with van der Waals surface area (Å²) in [6.07, 6.45) is 14.1. The zero-order valence-electron chi connectivity index (χ0n) is 16.5. The van der Waals surface area contributed by atoms with Crippen molar-refractivity contribution in [2.45, 2.75) is 71.1 Å². The maximum atomic E-state index is 7.56. The molecule has 6 N–H and O–H groups in total. The van der Waals surface area contributed by atoms with Crippen LogP contribution >= 0.6 is 13.4 Å². The summed E-state index contributed by atoms with van der Waals surface area (Å²) in [5.41, 5.74) is 1.60. The molecule has 0 aromatic heterocycles. The monoisotopic (exact) mass is 523 g/mol. The van der Waals surface area contributed by atoms with E-state index in [1.54, 1.807) is 9.72 Å². The second-order valence-electron chi connectivity index (χ2n) is 6.37. The van der Waals surface area contributed by atoms with Crippen LogP contribution in [0.5, 0.6) is 0 Å². The second kappa shape index (κ2) is 18.7. The van der Waals surface area contributed by atoms with Crippen LogP contribution in [-0.2, 0) is 48.3 Å². The summed E-state index contributed by atoms with van der Waals surface area (Å²) in [6.45, 7) is -5.33. The van der Waals surface area contributed by atoms with Crippen molar-refractivity contribution >= 4 is 41.2 Å². The average Bonchev–Trinajstić information content (AvgIpc) is 2.52. The summed E-state index contributed by atoms with van der Waals surface area (Å²) in [5.74, 6) is 0. The van der Waals surface area contributed by atoms with Crippen molar-refractivity contribution in [2.75, 3.05) is 0 Å². The molecule has 1 rings (SSSR count). The van der Waals surface area contributed by atoms with E-state index >= 15 is 0 Å². The van der Waals surface area contributed by atoms with Crippen molar-refractivity contribution in [1.82, 2.24) is 0 Å². The van der Waals surface area contributed by atoms with Gasteiger partial charge < -0.3 is 29.4 Å². The zero-order valence-corrected chi connectivity index (χ0v) is 22.9. The fourth-order valence-electron chi connectivity index (χ4n) is 2.43. The van der Waals surface area contributed by atoms with Crippen LogP contribution in [0.2, 0.25) is 0 Å². The summed E-state index contributed by atoms with van der Waals surface area (Å²) < 4.78 is 1.58. The van der Waals surface area contributed by atoms with Crippen molar-refractivity contribution in [3.63, 3.8) is 0 Å². The minimum atomic E-state index is -3.81. The van der Waals surface area contributed by atoms with Crippen LogP contribution < -0.4 is 4.16 Å². The molecule has 0 bridgehead atoms. The van der Waals surface area contributed by atoms with E-state index in [0.717, 1.165) is 0 Å². The average molecular weight is 525 g/mol. The van der Waals surface area contributed by atoms with Crippen LogP contribution in [0.25, 0.3) is 0 Å². The maximum absolute atomic E-state index is 7.56. The van der Waals surface area contributed by atoms with Gasteiger partial charge in [-0.05, 0) is 23.6 Å². The predicted octanol–water partition coefficient (Wildman–Crippen LogP) is 3.31. The van der Waals surface area contributed by atoms with Gasteiger partial charge in [-0.25, -0.2) is 0 Å². The number of unbranched alkanes of at least 4 members (excludes halogenated alkanes) is 8. The molecule has 0 saturated carbocycles. The van der Waals surface area contributed by atoms with E-state index in [1.165, 1.54) is 82.5 Å². The minimum absolute atomic E-state index is 1.30. The van der Waals surface area contributed by atoms with Crippen LogP contribution in [0.4, 0.5) is 0 Å². The molecule has 0 saturated heterocycles. The Labute approximate surface area is 189 Å². The molecule has 28 heavy (non-hydrogen) atoms. The van der Waals surface area contributed by atoms with Crippen LogP contribution in [0.3, 0.4) is 0 Å². The third kappa shape index (κ3) is 34.4. The van der Waals surface area contributed by atoms with Crippen molar-refractivity contribution in [3.8, 4) is 0 Å². The summed E-state index contributed by atoms with van der Waals surface area (Å²) in [4.78, 5) is 45.3.